The molecule has 0 aromatic heterocycles. The van der Waals surface area contributed by atoms with Crippen LogP contribution < -0.4 is 19.6 Å². The number of hydrogen-bond acceptors (Lipinski definition) is 10. The van der Waals surface area contributed by atoms with E-state index in [0.29, 0.717) is 0 Å². The summed E-state index contributed by atoms with van der Waals surface area (Å²) in [5, 5.41) is 16.8. The number of carboxylic acid groups (broad SMARTS) is 2. The van der Waals surface area contributed by atoms with Crippen LogP contribution in [0.15, 0.2) is 0 Å². The fraction of sp³-hybridized carbons (Fsp3) is 0.500. The SMILES string of the molecule is O=C(O)C(OP(=O)([O-])[O-])C(OP(=O)([O-])[O-])C(=O)O.[Ca+2].[Ca+2].[Cl][Zn][Cl].[Cl][Zn][Cl]. The van der Waals surface area contributed by atoms with E-state index in [4.69, 9.17) is 49.0 Å². The van der Waals surface area contributed by atoms with Gasteiger partial charge in [-0.3, -0.25) is 0 Å². The van der Waals surface area contributed by atoms with Gasteiger partial charge in [0, 0.05) is 0 Å². The maximum atomic E-state index is 10.4. The van der Waals surface area contributed by atoms with Gasteiger partial charge >= 0.3 is 156 Å². The summed E-state index contributed by atoms with van der Waals surface area (Å²) in [5.74, 6) is -4.66. The van der Waals surface area contributed by atoms with Gasteiger partial charge < -0.3 is 48.0 Å². The molecule has 0 rings (SSSR count). The summed E-state index contributed by atoms with van der Waals surface area (Å²) in [6.07, 6.45) is -6.03. The van der Waals surface area contributed by atoms with E-state index in [1.54, 1.807) is 0 Å². The van der Waals surface area contributed by atoms with Crippen molar-refractivity contribution in [3.05, 3.63) is 0 Å². The first-order valence-electron chi connectivity index (χ1n) is 4.77. The molecule has 0 radical (unpaired) electrons. The van der Waals surface area contributed by atoms with Crippen LogP contribution in [0.2, 0.25) is 0 Å². The van der Waals surface area contributed by atoms with Crippen molar-refractivity contribution in [1.29, 1.82) is 0 Å². The van der Waals surface area contributed by atoms with E-state index < -0.39 is 70.1 Å². The average molecular weight is 659 g/mol. The zero-order chi connectivity index (χ0) is 20.1. The van der Waals surface area contributed by atoms with E-state index in [1.807, 2.05) is 0 Å². The number of phosphoric acid groups is 2. The first kappa shape index (κ1) is 40.4. The summed E-state index contributed by atoms with van der Waals surface area (Å²) in [5.41, 5.74) is 0. The second-order valence-electron chi connectivity index (χ2n) is 2.82. The molecule has 0 saturated heterocycles. The van der Waals surface area contributed by atoms with Gasteiger partial charge in [0.05, 0.1) is 15.6 Å². The quantitative estimate of drug-likeness (QED) is 0.216. The van der Waals surface area contributed by atoms with Crippen LogP contribution in [0.3, 0.4) is 0 Å². The molecule has 0 aromatic carbocycles. The Bertz CT molecular complexity index is 436. The van der Waals surface area contributed by atoms with Crippen LogP contribution in [-0.2, 0) is 58.1 Å². The van der Waals surface area contributed by atoms with Crippen LogP contribution in [0, 0.1) is 0 Å². The molecular weight excluding hydrogens is 655 g/mol. The van der Waals surface area contributed by atoms with Gasteiger partial charge in [0.25, 0.3) is 0 Å². The number of hydrogen-bond donors (Lipinski definition) is 2. The van der Waals surface area contributed by atoms with Gasteiger partial charge in [-0.2, -0.15) is 0 Å². The zero-order valence-electron chi connectivity index (χ0n) is 12.4. The summed E-state index contributed by atoms with van der Waals surface area (Å²) < 4.78 is 26.9. The van der Waals surface area contributed by atoms with E-state index >= 15 is 0 Å². The molecule has 0 amide bonds. The van der Waals surface area contributed by atoms with E-state index in [1.165, 1.54) is 0 Å². The number of phosphoric ester groups is 2. The Hall–Kier alpha value is 4.09. The molecule has 26 heavy (non-hydrogen) atoms. The Morgan fingerprint density at radius 2 is 0.923 bits per heavy atom. The number of aliphatic carboxylic acids is 2. The topological polar surface area (TPSA) is 219 Å². The number of carboxylic acids is 2. The van der Waals surface area contributed by atoms with Crippen molar-refractivity contribution < 1.29 is 87.8 Å². The molecule has 0 aliphatic rings. The first-order chi connectivity index (χ1) is 10.7. The number of rotatable bonds is 7. The normalized spacial score (nSPS) is 11.8. The fourth-order valence-corrected chi connectivity index (χ4v) is 1.70. The van der Waals surface area contributed by atoms with Crippen molar-refractivity contribution in [2.45, 2.75) is 12.2 Å². The van der Waals surface area contributed by atoms with Gasteiger partial charge in [0.2, 0.25) is 0 Å². The molecule has 0 heterocycles. The third-order valence-corrected chi connectivity index (χ3v) is 2.22. The molecule has 0 bridgehead atoms. The second kappa shape index (κ2) is 22.3. The Morgan fingerprint density at radius 1 is 0.769 bits per heavy atom. The summed E-state index contributed by atoms with van der Waals surface area (Å²) in [7, 11) is 7.90. The molecule has 22 heteroatoms. The maximum absolute atomic E-state index is 10.4. The van der Waals surface area contributed by atoms with Crippen LogP contribution >= 0.6 is 54.4 Å². The van der Waals surface area contributed by atoms with Crippen molar-refractivity contribution >= 4 is 142 Å². The zero-order valence-corrected chi connectivity index (χ0v) is 27.5. The van der Waals surface area contributed by atoms with Gasteiger partial charge in [-0.1, -0.05) is 0 Å². The summed E-state index contributed by atoms with van der Waals surface area (Å²) in [6.45, 7) is 0. The van der Waals surface area contributed by atoms with Crippen LogP contribution in [0.5, 0.6) is 0 Å². The third-order valence-electron chi connectivity index (χ3n) is 1.25. The molecular formula is C4H4Ca2Cl4O12P2Zn2. The number of carbonyl (C=O) groups is 2. The Morgan fingerprint density at radius 3 is 1.00 bits per heavy atom. The average Bonchev–Trinajstić information content (AvgIpc) is 2.32. The van der Waals surface area contributed by atoms with Crippen molar-refractivity contribution in [2.24, 2.45) is 0 Å². The Labute approximate surface area is 237 Å². The van der Waals surface area contributed by atoms with Crippen LogP contribution in [0.25, 0.3) is 0 Å². The van der Waals surface area contributed by atoms with E-state index in [0.717, 1.165) is 0 Å². The van der Waals surface area contributed by atoms with Crippen molar-refractivity contribution in [2.75, 3.05) is 0 Å². The van der Waals surface area contributed by atoms with Crippen LogP contribution in [0.1, 0.15) is 0 Å². The fourth-order valence-electron chi connectivity index (χ4n) is 0.738. The first-order valence-corrected chi connectivity index (χ1v) is 23.3. The Balaban J connectivity index is -0.000000161. The van der Waals surface area contributed by atoms with Crippen molar-refractivity contribution in [1.82, 2.24) is 0 Å². The summed E-state index contributed by atoms with van der Waals surface area (Å²) >= 11 is -1.86. The number of halogens is 4. The van der Waals surface area contributed by atoms with Crippen molar-refractivity contribution in [3.8, 4) is 0 Å². The second-order valence-corrected chi connectivity index (χ2v) is 14.3. The molecule has 2 N–H and O–H groups in total. The van der Waals surface area contributed by atoms with Gasteiger partial charge in [-0.05, 0) is 0 Å². The summed E-state index contributed by atoms with van der Waals surface area (Å²) in [4.78, 5) is 61.5. The predicted molar refractivity (Wildman–Crippen MR) is 75.2 cm³/mol. The van der Waals surface area contributed by atoms with E-state index in [9.17, 15) is 38.3 Å². The van der Waals surface area contributed by atoms with Crippen LogP contribution in [0.4, 0.5) is 0 Å². The third kappa shape index (κ3) is 30.3. The monoisotopic (exact) mass is 654 g/mol. The van der Waals surface area contributed by atoms with Gasteiger partial charge in [0.15, 0.2) is 12.2 Å². The molecule has 2 unspecified atom stereocenters. The standard InChI is InChI=1S/C4H8O12P2.2Ca.4ClH.2Zn/c5-3(6)1(15-17(9,10)11)2(4(7)8)16-18(12,13)14;;;;;;;;/h1-2H,(H,5,6)(H,7,8)(H2,9,10,11)(H2,12,13,14);;;4*1H;;/q;2*+2;;;;;2*+2/p-8. The van der Waals surface area contributed by atoms with Gasteiger partial charge in [0.1, 0.15) is 0 Å². The molecule has 2 atom stereocenters. The predicted octanol–water partition coefficient (Wildman–Crippen LogP) is -2.43. The molecule has 0 spiro atoms. The van der Waals surface area contributed by atoms with Gasteiger partial charge in [-0.25, -0.2) is 9.59 Å². The van der Waals surface area contributed by atoms with Crippen LogP contribution in [-0.4, -0.2) is 110 Å². The van der Waals surface area contributed by atoms with E-state index in [-0.39, 0.29) is 75.5 Å². The van der Waals surface area contributed by atoms with E-state index in [2.05, 4.69) is 9.05 Å². The molecule has 0 aromatic rings. The molecule has 0 aliphatic heterocycles. The minimum atomic E-state index is -5.95. The molecule has 12 nitrogen and oxygen atoms in total. The molecule has 138 valence electrons. The van der Waals surface area contributed by atoms with Crippen molar-refractivity contribution in [3.63, 3.8) is 0 Å². The van der Waals surface area contributed by atoms with Gasteiger partial charge in [-0.15, -0.1) is 0 Å². The minimum absolute atomic E-state index is 0. The molecule has 0 saturated carbocycles. The molecule has 0 aliphatic carbocycles. The Kier molecular flexibility index (Phi) is 34.7. The summed E-state index contributed by atoms with van der Waals surface area (Å²) in [6, 6.07) is 0. The molecule has 0 fully saturated rings.